The van der Waals surface area contributed by atoms with Crippen molar-refractivity contribution < 1.29 is 8.22 Å². The third kappa shape index (κ3) is 5.75. The second kappa shape index (κ2) is 12.0. The smallest absolute Gasteiger partial charge is 0.178 e. The lowest BCUT2D eigenvalue weighted by molar-refractivity contribution is 0.807. The van der Waals surface area contributed by atoms with Crippen LogP contribution in [-0.2, 0) is 0 Å². The van der Waals surface area contributed by atoms with E-state index in [-0.39, 0.29) is 36.8 Å². The van der Waals surface area contributed by atoms with Gasteiger partial charge in [-0.15, -0.1) is 0 Å². The van der Waals surface area contributed by atoms with Crippen LogP contribution in [-0.4, -0.2) is 47.2 Å². The van der Waals surface area contributed by atoms with Crippen LogP contribution in [0.1, 0.15) is 89.9 Å². The fourth-order valence-corrected chi connectivity index (χ4v) is 5.40. The zero-order valence-electron chi connectivity index (χ0n) is 31.5. The van der Waals surface area contributed by atoms with E-state index in [1.54, 1.807) is 13.1 Å². The first-order chi connectivity index (χ1) is 22.5. The van der Waals surface area contributed by atoms with Gasteiger partial charge in [0.2, 0.25) is 0 Å². The fourth-order valence-electron chi connectivity index (χ4n) is 5.40. The molecule has 5 rings (SSSR count). The molecule has 3 heterocycles. The van der Waals surface area contributed by atoms with E-state index in [4.69, 9.17) is 8.22 Å². The molecule has 0 amide bonds. The van der Waals surface area contributed by atoms with E-state index in [0.29, 0.717) is 28.8 Å². The summed E-state index contributed by atoms with van der Waals surface area (Å²) in [6.45, 7) is 9.87. The van der Waals surface area contributed by atoms with E-state index in [2.05, 4.69) is 85.0 Å². The maximum atomic E-state index is 8.28. The molecule has 4 aromatic rings. The summed E-state index contributed by atoms with van der Waals surface area (Å²) in [4.78, 5) is 21.8. The van der Waals surface area contributed by atoms with Crippen LogP contribution in [0, 0.1) is 6.92 Å². The lowest BCUT2D eigenvalue weighted by Crippen LogP contribution is -2.27. The highest BCUT2D eigenvalue weighted by Crippen LogP contribution is 2.43. The number of rotatable bonds is 9. The van der Waals surface area contributed by atoms with E-state index in [0.717, 1.165) is 11.1 Å². The number of aryl methyl sites for hydroxylation is 1. The molecular weight excluding hydrogens is 520 g/mol. The van der Waals surface area contributed by atoms with Crippen LogP contribution in [0.4, 0.5) is 28.8 Å². The molecule has 0 unspecified atom stereocenters. The number of fused-ring (bicyclic) bond motifs is 1. The third-order valence-electron chi connectivity index (χ3n) is 7.66. The van der Waals surface area contributed by atoms with E-state index in [9.17, 15) is 0 Å². The zero-order valence-corrected chi connectivity index (χ0v) is 25.5. The molecule has 0 aliphatic carbocycles. The van der Waals surface area contributed by atoms with Gasteiger partial charge in [-0.2, -0.15) is 0 Å². The van der Waals surface area contributed by atoms with Crippen molar-refractivity contribution in [2.45, 2.75) is 66.2 Å². The largest absolute Gasteiger partial charge is 0.368 e. The van der Waals surface area contributed by atoms with Gasteiger partial charge in [0.05, 0.1) is 19.0 Å². The number of nitrogens with one attached hydrogen (secondary N) is 1. The Kier molecular flexibility index (Phi) is 6.38. The van der Waals surface area contributed by atoms with Gasteiger partial charge in [-0.05, 0) is 70.7 Å². The van der Waals surface area contributed by atoms with E-state index in [1.165, 1.54) is 45.1 Å². The predicted octanol–water partition coefficient (Wildman–Crippen LogP) is 7.66. The highest BCUT2D eigenvalue weighted by molar-refractivity contribution is 5.84. The predicted molar refractivity (Wildman–Crippen MR) is 175 cm³/mol. The number of anilines is 5. The molecule has 0 radical (unpaired) electrons. The van der Waals surface area contributed by atoms with Crippen LogP contribution in [0.2, 0.25) is 0 Å². The van der Waals surface area contributed by atoms with Gasteiger partial charge in [-0.1, -0.05) is 53.7 Å². The number of aromatic nitrogens is 4. The Labute approximate surface area is 259 Å². The number of hydrogen-bond donors (Lipinski definition) is 1. The Morgan fingerprint density at radius 2 is 1.50 bits per heavy atom. The van der Waals surface area contributed by atoms with Gasteiger partial charge >= 0.3 is 0 Å². The zero-order chi connectivity index (χ0) is 35.1. The van der Waals surface area contributed by atoms with Crippen LogP contribution >= 0.6 is 0 Å². The molecule has 0 saturated carbocycles. The van der Waals surface area contributed by atoms with Gasteiger partial charge in [0.1, 0.15) is 0 Å². The fraction of sp³-hybridized carbons (Fsp3) is 0.412. The van der Waals surface area contributed by atoms with Crippen molar-refractivity contribution in [1.29, 1.82) is 0 Å². The van der Waals surface area contributed by atoms with Crippen molar-refractivity contribution in [3.05, 3.63) is 77.5 Å². The number of hydrogen-bond acceptors (Lipinski definition) is 8. The molecule has 1 N–H and O–H groups in total. The Bertz CT molecular complexity index is 1740. The van der Waals surface area contributed by atoms with Gasteiger partial charge in [0.15, 0.2) is 17.5 Å². The minimum atomic E-state index is -2.50. The highest BCUT2D eigenvalue weighted by Gasteiger charge is 2.28. The Morgan fingerprint density at radius 1 is 0.833 bits per heavy atom. The summed E-state index contributed by atoms with van der Waals surface area (Å²) in [5.74, 6) is 1.73. The molecule has 0 atom stereocenters. The van der Waals surface area contributed by atoms with Gasteiger partial charge < -0.3 is 20.0 Å². The highest BCUT2D eigenvalue weighted by atomic mass is 15.4. The van der Waals surface area contributed by atoms with Crippen molar-refractivity contribution in [3.8, 4) is 11.1 Å². The summed E-state index contributed by atoms with van der Waals surface area (Å²) in [5.41, 5.74) is 7.55. The number of nitrogens with zero attached hydrogens (tertiary/aromatic N) is 7. The topological polar surface area (TPSA) is 73.3 Å². The first-order valence-electron chi connectivity index (χ1n) is 17.5. The maximum absolute atomic E-state index is 8.28. The lowest BCUT2D eigenvalue weighted by Gasteiger charge is -2.26. The van der Waals surface area contributed by atoms with Gasteiger partial charge in [-0.3, -0.25) is 4.98 Å². The average molecular weight is 571 g/mol. The Balaban J connectivity index is 1.70. The SMILES string of the molecule is [2H]C([2H])([2H])N(CNc1cc(-c2c(C(C)C)cc(C(C)C)cc2C(C)C)cc(N2CN(C([2H])([2H])[2H])c3nccnc32)c1)c1nccnc1C. The summed E-state index contributed by atoms with van der Waals surface area (Å²) in [5, 5.41) is 3.35. The molecule has 0 saturated heterocycles. The first kappa shape index (κ1) is 22.4. The van der Waals surface area contributed by atoms with Crippen LogP contribution in [0.25, 0.3) is 11.1 Å². The second-order valence-corrected chi connectivity index (χ2v) is 11.7. The minimum absolute atomic E-state index is 0.0132. The first-order valence-corrected chi connectivity index (χ1v) is 14.5. The molecule has 1 aliphatic rings. The molecule has 42 heavy (non-hydrogen) atoms. The van der Waals surface area contributed by atoms with Crippen molar-refractivity contribution in [3.63, 3.8) is 0 Å². The summed E-state index contributed by atoms with van der Waals surface area (Å²) >= 11 is 0. The molecule has 8 nitrogen and oxygen atoms in total. The van der Waals surface area contributed by atoms with Crippen molar-refractivity contribution in [1.82, 2.24) is 19.9 Å². The van der Waals surface area contributed by atoms with Gasteiger partial charge in [0, 0.05) is 58.3 Å². The Morgan fingerprint density at radius 3 is 2.12 bits per heavy atom. The minimum Gasteiger partial charge on any atom is -0.368 e. The van der Waals surface area contributed by atoms with Crippen LogP contribution in [0.15, 0.2) is 55.1 Å². The quantitative estimate of drug-likeness (QED) is 0.206. The molecule has 1 aliphatic heterocycles. The monoisotopic (exact) mass is 570 g/mol. The van der Waals surface area contributed by atoms with Crippen LogP contribution in [0.3, 0.4) is 0 Å². The summed E-state index contributed by atoms with van der Waals surface area (Å²) < 4.78 is 49.4. The molecule has 2 aromatic carbocycles. The maximum Gasteiger partial charge on any atom is 0.178 e. The van der Waals surface area contributed by atoms with Gasteiger partial charge in [-0.25, -0.2) is 15.0 Å². The second-order valence-electron chi connectivity index (χ2n) is 11.7. The van der Waals surface area contributed by atoms with Crippen molar-refractivity contribution in [2.24, 2.45) is 0 Å². The van der Waals surface area contributed by atoms with E-state index in [1.807, 2.05) is 17.0 Å². The lowest BCUT2D eigenvalue weighted by atomic mass is 9.81. The molecule has 2 aromatic heterocycles. The molecule has 0 bridgehead atoms. The molecule has 8 heteroatoms. The number of benzene rings is 2. The van der Waals surface area contributed by atoms with E-state index >= 15 is 0 Å². The standard InChI is InChI=1S/C34H44N8/c1-21(2)25-16-29(22(3)4)31(30(17-25)23(5)6)26-14-27(39-19-40(8)32-24(7)35-10-11-36-32)18-28(15-26)42-20-41(9)33-34(42)38-13-12-37-33/h10-18,21-23,39H,19-20H2,1-9H3/i8D3,9D3. The summed E-state index contributed by atoms with van der Waals surface area (Å²) in [6.07, 6.45) is 6.04. The summed E-state index contributed by atoms with van der Waals surface area (Å²) in [7, 11) is 0. The molecule has 220 valence electrons. The van der Waals surface area contributed by atoms with Crippen LogP contribution in [0.5, 0.6) is 0 Å². The molecule has 0 fully saturated rings. The Hall–Kier alpha value is -4.20. The van der Waals surface area contributed by atoms with Crippen LogP contribution < -0.4 is 20.0 Å². The summed E-state index contributed by atoms with van der Waals surface area (Å²) in [6, 6.07) is 10.6. The normalized spacial score (nSPS) is 15.7. The van der Waals surface area contributed by atoms with Gasteiger partial charge in [0.25, 0.3) is 0 Å². The molecular formula is C34H44N8. The third-order valence-corrected chi connectivity index (χ3v) is 7.66. The van der Waals surface area contributed by atoms with Crippen molar-refractivity contribution >= 4 is 28.8 Å². The molecule has 0 spiro atoms. The van der Waals surface area contributed by atoms with E-state index < -0.39 is 14.0 Å². The van der Waals surface area contributed by atoms with Crippen molar-refractivity contribution in [2.75, 3.05) is 47.3 Å². The average Bonchev–Trinajstić information content (AvgIpc) is 3.41.